The van der Waals surface area contributed by atoms with E-state index in [-0.39, 0.29) is 46.1 Å². The van der Waals surface area contributed by atoms with Gasteiger partial charge in [-0.3, -0.25) is 9.59 Å². The van der Waals surface area contributed by atoms with E-state index in [0.717, 1.165) is 42.4 Å². The van der Waals surface area contributed by atoms with Gasteiger partial charge < -0.3 is 13.7 Å². The van der Waals surface area contributed by atoms with Gasteiger partial charge in [-0.2, -0.15) is 8.42 Å². The minimum absolute atomic E-state index is 0.0526. The molecule has 0 aliphatic heterocycles. The largest absolute Gasteiger partial charge is 0.462 e. The fourth-order valence-corrected chi connectivity index (χ4v) is 8.32. The number of esters is 2. The van der Waals surface area contributed by atoms with Crippen LogP contribution in [-0.2, 0) is 29.2 Å². The summed E-state index contributed by atoms with van der Waals surface area (Å²) >= 11 is 0. The van der Waals surface area contributed by atoms with Gasteiger partial charge in [0.2, 0.25) is 0 Å². The number of rotatable bonds is 5. The predicted octanol–water partition coefficient (Wildman–Crippen LogP) is 5.61. The van der Waals surface area contributed by atoms with E-state index in [1.807, 2.05) is 13.0 Å². The standard InChI is InChI=1S/C29H34O7S/c1-17-10-12-24(36-37(32,33)20-8-6-5-7-9-20)28-21-14-15-29(4)23(11-13-26(29)35-19(3)31)22(21)16-25(27(17)28)34-18(2)30/h5-10,12,21-23,25-26H,11,13-16H2,1-4H3/t21-,22+,23-,25?,26?,29-/m0/s1. The summed E-state index contributed by atoms with van der Waals surface area (Å²) in [7, 11) is -4.06. The highest BCUT2D eigenvalue weighted by molar-refractivity contribution is 7.87. The Morgan fingerprint density at radius 2 is 1.62 bits per heavy atom. The number of fused-ring (bicyclic) bond motifs is 5. The second kappa shape index (κ2) is 9.46. The molecule has 2 aromatic carbocycles. The molecule has 0 heterocycles. The Kier molecular flexibility index (Phi) is 6.59. The molecule has 0 amide bonds. The zero-order valence-electron chi connectivity index (χ0n) is 21.7. The van der Waals surface area contributed by atoms with Crippen LogP contribution in [-0.4, -0.2) is 26.5 Å². The lowest BCUT2D eigenvalue weighted by Gasteiger charge is -2.51. The van der Waals surface area contributed by atoms with Crippen LogP contribution in [0.3, 0.4) is 0 Å². The van der Waals surface area contributed by atoms with E-state index in [0.29, 0.717) is 12.2 Å². The quantitative estimate of drug-likeness (QED) is 0.369. The second-order valence-corrected chi connectivity index (χ2v) is 12.5. The first kappa shape index (κ1) is 25.8. The zero-order chi connectivity index (χ0) is 26.5. The van der Waals surface area contributed by atoms with Crippen molar-refractivity contribution in [3.8, 4) is 5.75 Å². The average Bonchev–Trinajstić information content (AvgIpc) is 3.16. The van der Waals surface area contributed by atoms with Gasteiger partial charge >= 0.3 is 22.1 Å². The molecule has 5 rings (SSSR count). The summed E-state index contributed by atoms with van der Waals surface area (Å²) < 4.78 is 43.9. The summed E-state index contributed by atoms with van der Waals surface area (Å²) in [5.41, 5.74) is 2.46. The van der Waals surface area contributed by atoms with Crippen LogP contribution in [0.5, 0.6) is 5.75 Å². The summed E-state index contributed by atoms with van der Waals surface area (Å²) in [5, 5.41) is 0. The Balaban J connectivity index is 1.59. The van der Waals surface area contributed by atoms with Crippen molar-refractivity contribution in [3.05, 3.63) is 59.2 Å². The number of ether oxygens (including phenoxy) is 2. The molecule has 0 bridgehead atoms. The molecule has 2 fully saturated rings. The number of benzene rings is 2. The minimum Gasteiger partial charge on any atom is -0.462 e. The van der Waals surface area contributed by atoms with Crippen LogP contribution < -0.4 is 4.18 Å². The fraction of sp³-hybridized carbons (Fsp3) is 0.517. The van der Waals surface area contributed by atoms with Gasteiger partial charge in [0.05, 0.1) is 0 Å². The highest BCUT2D eigenvalue weighted by atomic mass is 32.2. The van der Waals surface area contributed by atoms with Crippen LogP contribution in [0, 0.1) is 24.2 Å². The molecule has 37 heavy (non-hydrogen) atoms. The van der Waals surface area contributed by atoms with E-state index in [9.17, 15) is 18.0 Å². The number of hydrogen-bond acceptors (Lipinski definition) is 7. The number of carbonyl (C=O) groups is 2. The molecule has 8 heteroatoms. The maximum atomic E-state index is 13.2. The molecule has 3 aliphatic rings. The molecule has 6 atom stereocenters. The Hall–Kier alpha value is -2.87. The molecule has 0 saturated heterocycles. The predicted molar refractivity (Wildman–Crippen MR) is 136 cm³/mol. The number of aryl methyl sites for hydroxylation is 1. The number of carbonyl (C=O) groups excluding carboxylic acids is 2. The third-order valence-corrected chi connectivity index (χ3v) is 10.1. The van der Waals surface area contributed by atoms with Crippen molar-refractivity contribution in [1.82, 2.24) is 0 Å². The number of hydrogen-bond donors (Lipinski definition) is 0. The van der Waals surface area contributed by atoms with E-state index >= 15 is 0 Å². The third kappa shape index (κ3) is 4.54. The summed E-state index contributed by atoms with van der Waals surface area (Å²) in [4.78, 5) is 24.1. The molecule has 0 radical (unpaired) electrons. The molecular formula is C29H34O7S. The first-order chi connectivity index (χ1) is 17.5. The smallest absolute Gasteiger partial charge is 0.339 e. The summed E-state index contributed by atoms with van der Waals surface area (Å²) in [5.74, 6) is 0.102. The molecule has 2 aromatic rings. The van der Waals surface area contributed by atoms with Crippen molar-refractivity contribution in [3.63, 3.8) is 0 Å². The van der Waals surface area contributed by atoms with Crippen molar-refractivity contribution < 1.29 is 31.7 Å². The Morgan fingerprint density at radius 3 is 2.30 bits per heavy atom. The lowest BCUT2D eigenvalue weighted by molar-refractivity contribution is -0.157. The van der Waals surface area contributed by atoms with Gasteiger partial charge in [-0.25, -0.2) is 0 Å². The molecule has 0 N–H and O–H groups in total. The molecule has 2 saturated carbocycles. The van der Waals surface area contributed by atoms with E-state index in [1.165, 1.54) is 26.0 Å². The maximum Gasteiger partial charge on any atom is 0.339 e. The summed E-state index contributed by atoms with van der Waals surface area (Å²) in [6, 6.07) is 11.7. The molecule has 3 aliphatic carbocycles. The maximum absolute atomic E-state index is 13.2. The van der Waals surface area contributed by atoms with Crippen LogP contribution in [0.2, 0.25) is 0 Å². The van der Waals surface area contributed by atoms with E-state index in [1.54, 1.807) is 24.3 Å². The van der Waals surface area contributed by atoms with Crippen LogP contribution in [0.4, 0.5) is 0 Å². The normalized spacial score (nSPS) is 30.4. The molecule has 7 nitrogen and oxygen atoms in total. The molecule has 198 valence electrons. The van der Waals surface area contributed by atoms with E-state index < -0.39 is 16.2 Å². The van der Waals surface area contributed by atoms with Gasteiger partial charge in [0.25, 0.3) is 0 Å². The van der Waals surface area contributed by atoms with Crippen LogP contribution in [0.15, 0.2) is 47.4 Å². The third-order valence-electron chi connectivity index (χ3n) is 8.84. The van der Waals surface area contributed by atoms with Crippen molar-refractivity contribution in [2.24, 2.45) is 17.3 Å². The first-order valence-corrected chi connectivity index (χ1v) is 14.4. The van der Waals surface area contributed by atoms with Gasteiger partial charge in [0.15, 0.2) is 0 Å². The lowest BCUT2D eigenvalue weighted by atomic mass is 9.54. The van der Waals surface area contributed by atoms with Crippen LogP contribution >= 0.6 is 0 Å². The first-order valence-electron chi connectivity index (χ1n) is 13.0. The van der Waals surface area contributed by atoms with Crippen LogP contribution in [0.1, 0.15) is 81.6 Å². The molecular weight excluding hydrogens is 492 g/mol. The van der Waals surface area contributed by atoms with Crippen molar-refractivity contribution >= 4 is 22.1 Å². The average molecular weight is 527 g/mol. The molecule has 2 unspecified atom stereocenters. The minimum atomic E-state index is -4.06. The van der Waals surface area contributed by atoms with Gasteiger partial charge in [0.1, 0.15) is 22.9 Å². The summed E-state index contributed by atoms with van der Waals surface area (Å²) in [6.07, 6.45) is 3.38. The highest BCUT2D eigenvalue weighted by Gasteiger charge is 2.58. The Labute approximate surface area is 218 Å². The fourth-order valence-electron chi connectivity index (χ4n) is 7.35. The van der Waals surface area contributed by atoms with Crippen molar-refractivity contribution in [1.29, 1.82) is 0 Å². The van der Waals surface area contributed by atoms with E-state index in [2.05, 4.69) is 6.92 Å². The Morgan fingerprint density at radius 1 is 0.919 bits per heavy atom. The monoisotopic (exact) mass is 526 g/mol. The van der Waals surface area contributed by atoms with Gasteiger partial charge in [0, 0.05) is 30.4 Å². The molecule has 0 spiro atoms. The van der Waals surface area contributed by atoms with Gasteiger partial charge in [-0.15, -0.1) is 0 Å². The van der Waals surface area contributed by atoms with Gasteiger partial charge in [-0.1, -0.05) is 31.2 Å². The SMILES string of the molecule is CC(=O)OC1C[C@@H]2[C@H](CC[C@]3(C)C(OC(C)=O)CC[C@@H]23)c2c(OS(=O)(=O)c3ccccc3)ccc(C)c21. The van der Waals surface area contributed by atoms with Gasteiger partial charge in [-0.05, 0) is 80.5 Å². The topological polar surface area (TPSA) is 96.0 Å². The van der Waals surface area contributed by atoms with Crippen molar-refractivity contribution in [2.75, 3.05) is 0 Å². The zero-order valence-corrected chi connectivity index (χ0v) is 22.5. The summed E-state index contributed by atoms with van der Waals surface area (Å²) in [6.45, 7) is 7.02. The lowest BCUT2D eigenvalue weighted by Crippen LogP contribution is -2.46. The second-order valence-electron chi connectivity index (χ2n) is 11.0. The highest BCUT2D eigenvalue weighted by Crippen LogP contribution is 2.64. The molecule has 0 aromatic heterocycles. The van der Waals surface area contributed by atoms with Crippen LogP contribution in [0.25, 0.3) is 0 Å². The van der Waals surface area contributed by atoms with E-state index in [4.69, 9.17) is 13.7 Å². The van der Waals surface area contributed by atoms with Crippen molar-refractivity contribution in [2.45, 2.75) is 82.8 Å². The Bertz CT molecular complexity index is 1320.